The molecule has 94 valence electrons. The second-order valence-electron chi connectivity index (χ2n) is 5.47. The highest BCUT2D eigenvalue weighted by atomic mass is 32.1. The molecule has 5 heteroatoms. The van der Waals surface area contributed by atoms with Crippen LogP contribution in [0, 0.1) is 0 Å². The molecule has 1 unspecified atom stereocenters. The van der Waals surface area contributed by atoms with Gasteiger partial charge < -0.3 is 5.32 Å². The second kappa shape index (κ2) is 4.53. The SMILES string of the molecule is CC(C)c1nsc(NC2CCN(C3CC3)C2)n1. The number of aromatic nitrogens is 2. The van der Waals surface area contributed by atoms with Gasteiger partial charge in [0.15, 0.2) is 0 Å². The molecular weight excluding hydrogens is 232 g/mol. The second-order valence-corrected chi connectivity index (χ2v) is 6.22. The molecule has 1 aliphatic carbocycles. The first kappa shape index (κ1) is 11.4. The van der Waals surface area contributed by atoms with E-state index < -0.39 is 0 Å². The van der Waals surface area contributed by atoms with Gasteiger partial charge in [-0.3, -0.25) is 4.90 Å². The molecule has 0 radical (unpaired) electrons. The first-order valence-corrected chi connectivity index (χ1v) is 7.34. The van der Waals surface area contributed by atoms with Crippen LogP contribution in [0.3, 0.4) is 0 Å². The van der Waals surface area contributed by atoms with Crippen molar-refractivity contribution in [2.45, 2.75) is 51.1 Å². The fourth-order valence-corrected chi connectivity index (χ4v) is 3.16. The average Bonchev–Trinajstić information content (AvgIpc) is 2.87. The molecule has 2 heterocycles. The monoisotopic (exact) mass is 252 g/mol. The van der Waals surface area contributed by atoms with E-state index in [1.165, 1.54) is 43.9 Å². The van der Waals surface area contributed by atoms with Crippen molar-refractivity contribution in [3.63, 3.8) is 0 Å². The number of hydrogen-bond donors (Lipinski definition) is 1. The third kappa shape index (κ3) is 2.60. The van der Waals surface area contributed by atoms with Gasteiger partial charge in [-0.1, -0.05) is 13.8 Å². The van der Waals surface area contributed by atoms with Gasteiger partial charge in [0, 0.05) is 42.6 Å². The summed E-state index contributed by atoms with van der Waals surface area (Å²) in [5.74, 6) is 1.39. The van der Waals surface area contributed by atoms with Crippen LogP contribution in [0.25, 0.3) is 0 Å². The normalized spacial score (nSPS) is 25.7. The molecule has 1 N–H and O–H groups in total. The molecule has 0 bridgehead atoms. The van der Waals surface area contributed by atoms with Crippen LogP contribution in [0.2, 0.25) is 0 Å². The minimum absolute atomic E-state index is 0.424. The molecule has 3 rings (SSSR count). The van der Waals surface area contributed by atoms with Crippen LogP contribution in [0.4, 0.5) is 5.13 Å². The van der Waals surface area contributed by atoms with Gasteiger partial charge in [-0.15, -0.1) is 0 Å². The topological polar surface area (TPSA) is 41.1 Å². The molecule has 0 spiro atoms. The molecule has 1 aliphatic heterocycles. The fourth-order valence-electron chi connectivity index (χ4n) is 2.38. The Bertz CT molecular complexity index is 386. The van der Waals surface area contributed by atoms with E-state index in [1.807, 2.05) is 0 Å². The Morgan fingerprint density at radius 2 is 2.18 bits per heavy atom. The maximum Gasteiger partial charge on any atom is 0.202 e. The number of hydrogen-bond acceptors (Lipinski definition) is 5. The van der Waals surface area contributed by atoms with Gasteiger partial charge in [-0.25, -0.2) is 4.98 Å². The van der Waals surface area contributed by atoms with Crippen molar-refractivity contribution in [1.82, 2.24) is 14.3 Å². The van der Waals surface area contributed by atoms with Gasteiger partial charge in [0.1, 0.15) is 5.82 Å². The van der Waals surface area contributed by atoms with Crippen LogP contribution >= 0.6 is 11.5 Å². The predicted molar refractivity (Wildman–Crippen MR) is 70.6 cm³/mol. The Hall–Kier alpha value is -0.680. The summed E-state index contributed by atoms with van der Waals surface area (Å²) in [5, 5.41) is 4.53. The smallest absolute Gasteiger partial charge is 0.202 e. The summed E-state index contributed by atoms with van der Waals surface area (Å²) in [7, 11) is 0. The van der Waals surface area contributed by atoms with Gasteiger partial charge in [0.05, 0.1) is 0 Å². The summed E-state index contributed by atoms with van der Waals surface area (Å²) in [5.41, 5.74) is 0. The number of nitrogens with zero attached hydrogens (tertiary/aromatic N) is 3. The van der Waals surface area contributed by atoms with Crippen molar-refractivity contribution >= 4 is 16.7 Å². The van der Waals surface area contributed by atoms with Gasteiger partial charge in [0.25, 0.3) is 0 Å². The van der Waals surface area contributed by atoms with E-state index in [0.29, 0.717) is 12.0 Å². The lowest BCUT2D eigenvalue weighted by atomic mass is 10.2. The molecule has 1 aromatic rings. The van der Waals surface area contributed by atoms with Crippen molar-refractivity contribution < 1.29 is 0 Å². The predicted octanol–water partition coefficient (Wildman–Crippen LogP) is 2.31. The number of likely N-dealkylation sites (tertiary alicyclic amines) is 1. The Balaban J connectivity index is 1.55. The zero-order valence-corrected chi connectivity index (χ0v) is 11.3. The highest BCUT2D eigenvalue weighted by Crippen LogP contribution is 2.30. The quantitative estimate of drug-likeness (QED) is 0.893. The maximum atomic E-state index is 4.54. The molecule has 4 nitrogen and oxygen atoms in total. The highest BCUT2D eigenvalue weighted by molar-refractivity contribution is 7.09. The van der Waals surface area contributed by atoms with Crippen LogP contribution in [0.5, 0.6) is 0 Å². The molecule has 0 amide bonds. The summed E-state index contributed by atoms with van der Waals surface area (Å²) in [6.07, 6.45) is 4.05. The maximum absolute atomic E-state index is 4.54. The van der Waals surface area contributed by atoms with E-state index in [1.54, 1.807) is 0 Å². The lowest BCUT2D eigenvalue weighted by molar-refractivity contribution is 0.326. The largest absolute Gasteiger partial charge is 0.356 e. The Morgan fingerprint density at radius 3 is 2.82 bits per heavy atom. The lowest BCUT2D eigenvalue weighted by Crippen LogP contribution is -2.27. The van der Waals surface area contributed by atoms with E-state index >= 15 is 0 Å². The molecule has 1 aromatic heterocycles. The number of nitrogens with one attached hydrogen (secondary N) is 1. The molecule has 2 aliphatic rings. The first-order chi connectivity index (χ1) is 8.22. The van der Waals surface area contributed by atoms with Crippen LogP contribution in [0.15, 0.2) is 0 Å². The molecule has 1 saturated carbocycles. The van der Waals surface area contributed by atoms with E-state index in [0.717, 1.165) is 17.0 Å². The van der Waals surface area contributed by atoms with Crippen molar-refractivity contribution in [2.75, 3.05) is 18.4 Å². The molecule has 1 saturated heterocycles. The number of rotatable bonds is 4. The average molecular weight is 252 g/mol. The van der Waals surface area contributed by atoms with Crippen molar-refractivity contribution in [1.29, 1.82) is 0 Å². The van der Waals surface area contributed by atoms with Gasteiger partial charge in [0.2, 0.25) is 5.13 Å². The third-order valence-corrected chi connectivity index (χ3v) is 4.23. The Morgan fingerprint density at radius 1 is 1.35 bits per heavy atom. The molecular formula is C12H20N4S. The van der Waals surface area contributed by atoms with Crippen LogP contribution in [-0.2, 0) is 0 Å². The van der Waals surface area contributed by atoms with E-state index in [4.69, 9.17) is 0 Å². The van der Waals surface area contributed by atoms with E-state index in [-0.39, 0.29) is 0 Å². The fraction of sp³-hybridized carbons (Fsp3) is 0.833. The van der Waals surface area contributed by atoms with Gasteiger partial charge in [-0.05, 0) is 19.3 Å². The van der Waals surface area contributed by atoms with Gasteiger partial charge in [-0.2, -0.15) is 4.37 Å². The molecule has 1 atom stereocenters. The molecule has 0 aromatic carbocycles. The highest BCUT2D eigenvalue weighted by Gasteiger charge is 2.34. The van der Waals surface area contributed by atoms with Crippen LogP contribution in [0.1, 0.15) is 44.9 Å². The summed E-state index contributed by atoms with van der Waals surface area (Å²) in [6, 6.07) is 1.46. The number of anilines is 1. The zero-order valence-electron chi connectivity index (χ0n) is 10.5. The van der Waals surface area contributed by atoms with E-state index in [9.17, 15) is 0 Å². The summed E-state index contributed by atoms with van der Waals surface area (Å²) in [4.78, 5) is 7.15. The Labute approximate surface area is 107 Å². The van der Waals surface area contributed by atoms with Crippen molar-refractivity contribution in [2.24, 2.45) is 0 Å². The minimum atomic E-state index is 0.424. The zero-order chi connectivity index (χ0) is 11.8. The standard InChI is InChI=1S/C12H20N4S/c1-8(2)11-14-12(17-15-11)13-9-5-6-16(7-9)10-3-4-10/h8-10H,3-7H2,1-2H3,(H,13,14,15). The summed E-state index contributed by atoms with van der Waals surface area (Å²) in [6.45, 7) is 6.70. The molecule has 17 heavy (non-hydrogen) atoms. The van der Waals surface area contributed by atoms with Crippen LogP contribution in [-0.4, -0.2) is 39.4 Å². The molecule has 2 fully saturated rings. The van der Waals surface area contributed by atoms with Crippen molar-refractivity contribution in [3.05, 3.63) is 5.82 Å². The first-order valence-electron chi connectivity index (χ1n) is 6.56. The lowest BCUT2D eigenvalue weighted by Gasteiger charge is -2.14. The summed E-state index contributed by atoms with van der Waals surface area (Å²) >= 11 is 1.50. The minimum Gasteiger partial charge on any atom is -0.356 e. The van der Waals surface area contributed by atoms with Crippen LogP contribution < -0.4 is 5.32 Å². The Kier molecular flexibility index (Phi) is 3.04. The summed E-state index contributed by atoms with van der Waals surface area (Å²) < 4.78 is 4.38. The van der Waals surface area contributed by atoms with E-state index in [2.05, 4.69) is 33.4 Å². The third-order valence-electron chi connectivity index (χ3n) is 3.57. The van der Waals surface area contributed by atoms with Gasteiger partial charge >= 0.3 is 0 Å². The van der Waals surface area contributed by atoms with Crippen molar-refractivity contribution in [3.8, 4) is 0 Å².